The highest BCUT2D eigenvalue weighted by atomic mass is 14.8. The molecular formula is C15H28. The van der Waals surface area contributed by atoms with E-state index in [1.165, 1.54) is 12.8 Å². The van der Waals surface area contributed by atoms with Crippen LogP contribution in [0.1, 0.15) is 61.3 Å². The first-order valence-electron chi connectivity index (χ1n) is 6.65. The second-order valence-electron chi connectivity index (χ2n) is 7.87. The standard InChI is InChI=1S/C15H28/c1-10(2)12-8-14(6,7)15(12)9-13(4,5)11(15)3/h10-12H,8-9H2,1-7H3. The smallest absolute Gasteiger partial charge is 0.0179 e. The summed E-state index contributed by atoms with van der Waals surface area (Å²) in [6.45, 7) is 17.2. The highest BCUT2D eigenvalue weighted by Gasteiger charge is 2.71. The van der Waals surface area contributed by atoms with E-state index in [-0.39, 0.29) is 0 Å². The molecule has 2 saturated carbocycles. The van der Waals surface area contributed by atoms with Crippen molar-refractivity contribution in [3.63, 3.8) is 0 Å². The van der Waals surface area contributed by atoms with Crippen LogP contribution in [0.3, 0.4) is 0 Å². The van der Waals surface area contributed by atoms with Crippen LogP contribution in [0.15, 0.2) is 0 Å². The van der Waals surface area contributed by atoms with Crippen molar-refractivity contribution in [3.05, 3.63) is 0 Å². The Hall–Kier alpha value is 0. The zero-order valence-corrected chi connectivity index (χ0v) is 11.6. The molecule has 2 fully saturated rings. The van der Waals surface area contributed by atoms with Gasteiger partial charge in [-0.25, -0.2) is 0 Å². The first-order valence-corrected chi connectivity index (χ1v) is 6.65. The molecule has 88 valence electrons. The average Bonchev–Trinajstić information content (AvgIpc) is 2.09. The second kappa shape index (κ2) is 2.81. The molecule has 0 heteroatoms. The normalized spacial score (nSPS) is 46.4. The van der Waals surface area contributed by atoms with Crippen molar-refractivity contribution in [2.45, 2.75) is 61.3 Å². The van der Waals surface area contributed by atoms with Crippen LogP contribution in [0.5, 0.6) is 0 Å². The van der Waals surface area contributed by atoms with Gasteiger partial charge in [0.1, 0.15) is 0 Å². The Morgan fingerprint density at radius 1 is 1.07 bits per heavy atom. The Bertz CT molecular complexity index is 268. The third-order valence-electron chi connectivity index (χ3n) is 6.15. The summed E-state index contributed by atoms with van der Waals surface area (Å²) in [5.74, 6) is 2.76. The lowest BCUT2D eigenvalue weighted by molar-refractivity contribution is -0.286. The van der Waals surface area contributed by atoms with Gasteiger partial charge in [-0.2, -0.15) is 0 Å². The fraction of sp³-hybridized carbons (Fsp3) is 1.00. The van der Waals surface area contributed by atoms with Gasteiger partial charge in [0.15, 0.2) is 0 Å². The lowest BCUT2D eigenvalue weighted by Gasteiger charge is -2.77. The van der Waals surface area contributed by atoms with Gasteiger partial charge in [-0.15, -0.1) is 0 Å². The molecule has 2 aliphatic carbocycles. The minimum atomic E-state index is 0.588. The van der Waals surface area contributed by atoms with Crippen molar-refractivity contribution in [2.24, 2.45) is 34.0 Å². The molecule has 2 rings (SSSR count). The van der Waals surface area contributed by atoms with E-state index in [0.717, 1.165) is 17.8 Å². The predicted octanol–water partition coefficient (Wildman–Crippen LogP) is 4.74. The summed E-state index contributed by atoms with van der Waals surface area (Å²) in [6.07, 6.45) is 2.90. The number of rotatable bonds is 1. The highest BCUT2D eigenvalue weighted by molar-refractivity contribution is 5.20. The van der Waals surface area contributed by atoms with Crippen molar-refractivity contribution in [3.8, 4) is 0 Å². The summed E-state index contributed by atoms with van der Waals surface area (Å²) in [5, 5.41) is 0. The fourth-order valence-electron chi connectivity index (χ4n) is 5.03. The molecule has 0 heterocycles. The molecular weight excluding hydrogens is 180 g/mol. The van der Waals surface area contributed by atoms with Crippen molar-refractivity contribution in [1.29, 1.82) is 0 Å². The van der Waals surface area contributed by atoms with E-state index in [2.05, 4.69) is 48.5 Å². The van der Waals surface area contributed by atoms with E-state index in [1.807, 2.05) is 0 Å². The Morgan fingerprint density at radius 3 is 1.87 bits per heavy atom. The SMILES string of the molecule is CC(C)C1CC(C)(C)C12CC(C)(C)C2C. The second-order valence-corrected chi connectivity index (χ2v) is 7.87. The molecule has 0 aromatic rings. The lowest BCUT2D eigenvalue weighted by atomic mass is 9.28. The van der Waals surface area contributed by atoms with Gasteiger partial charge in [-0.1, -0.05) is 48.5 Å². The van der Waals surface area contributed by atoms with E-state index in [1.54, 1.807) is 0 Å². The van der Waals surface area contributed by atoms with Crippen LogP contribution in [0.2, 0.25) is 0 Å². The summed E-state index contributed by atoms with van der Waals surface area (Å²) < 4.78 is 0. The van der Waals surface area contributed by atoms with Crippen LogP contribution < -0.4 is 0 Å². The first kappa shape index (κ1) is 11.5. The zero-order chi connectivity index (χ0) is 11.6. The zero-order valence-electron chi connectivity index (χ0n) is 11.6. The molecule has 3 unspecified atom stereocenters. The minimum Gasteiger partial charge on any atom is -0.0625 e. The summed E-state index contributed by atoms with van der Waals surface area (Å²) in [4.78, 5) is 0. The maximum Gasteiger partial charge on any atom is -0.0179 e. The van der Waals surface area contributed by atoms with Crippen molar-refractivity contribution in [2.75, 3.05) is 0 Å². The molecule has 1 spiro atoms. The summed E-state index contributed by atoms with van der Waals surface area (Å²) >= 11 is 0. The van der Waals surface area contributed by atoms with Crippen molar-refractivity contribution in [1.82, 2.24) is 0 Å². The highest BCUT2D eigenvalue weighted by Crippen LogP contribution is 2.78. The molecule has 0 aromatic carbocycles. The van der Waals surface area contributed by atoms with Crippen LogP contribution in [0.4, 0.5) is 0 Å². The lowest BCUT2D eigenvalue weighted by Crippen LogP contribution is -2.70. The Labute approximate surface area is 95.8 Å². The predicted molar refractivity (Wildman–Crippen MR) is 66.7 cm³/mol. The third kappa shape index (κ3) is 1.14. The van der Waals surface area contributed by atoms with Crippen LogP contribution in [-0.2, 0) is 0 Å². The van der Waals surface area contributed by atoms with Gasteiger partial charge in [0.2, 0.25) is 0 Å². The van der Waals surface area contributed by atoms with E-state index in [0.29, 0.717) is 16.2 Å². The maximum atomic E-state index is 2.50. The van der Waals surface area contributed by atoms with E-state index in [4.69, 9.17) is 0 Å². The third-order valence-corrected chi connectivity index (χ3v) is 6.15. The Morgan fingerprint density at radius 2 is 1.60 bits per heavy atom. The van der Waals surface area contributed by atoms with Crippen molar-refractivity contribution >= 4 is 0 Å². The van der Waals surface area contributed by atoms with Crippen molar-refractivity contribution < 1.29 is 0 Å². The van der Waals surface area contributed by atoms with Gasteiger partial charge >= 0.3 is 0 Å². The molecule has 15 heavy (non-hydrogen) atoms. The molecule has 3 atom stereocenters. The summed E-state index contributed by atoms with van der Waals surface area (Å²) in [6, 6.07) is 0. The molecule has 0 radical (unpaired) electrons. The molecule has 0 aliphatic heterocycles. The largest absolute Gasteiger partial charge is 0.0625 e. The quantitative estimate of drug-likeness (QED) is 0.584. The maximum absolute atomic E-state index is 2.50. The first-order chi connectivity index (χ1) is 6.65. The molecule has 0 amide bonds. The van der Waals surface area contributed by atoms with Crippen LogP contribution in [-0.4, -0.2) is 0 Å². The van der Waals surface area contributed by atoms with Gasteiger partial charge in [-0.3, -0.25) is 0 Å². The fourth-order valence-corrected chi connectivity index (χ4v) is 5.03. The monoisotopic (exact) mass is 208 g/mol. The topological polar surface area (TPSA) is 0 Å². The van der Waals surface area contributed by atoms with Crippen LogP contribution in [0, 0.1) is 34.0 Å². The molecule has 0 saturated heterocycles. The molecule has 0 bridgehead atoms. The van der Waals surface area contributed by atoms with Gasteiger partial charge in [0.25, 0.3) is 0 Å². The molecule has 0 aromatic heterocycles. The van der Waals surface area contributed by atoms with Gasteiger partial charge in [0, 0.05) is 0 Å². The van der Waals surface area contributed by atoms with Gasteiger partial charge < -0.3 is 0 Å². The molecule has 2 aliphatic rings. The number of hydrogen-bond donors (Lipinski definition) is 0. The van der Waals surface area contributed by atoms with Crippen LogP contribution in [0.25, 0.3) is 0 Å². The summed E-state index contributed by atoms with van der Waals surface area (Å²) in [7, 11) is 0. The average molecular weight is 208 g/mol. The Kier molecular flexibility index (Phi) is 2.15. The molecule has 0 nitrogen and oxygen atoms in total. The van der Waals surface area contributed by atoms with Gasteiger partial charge in [0.05, 0.1) is 0 Å². The van der Waals surface area contributed by atoms with Gasteiger partial charge in [-0.05, 0) is 46.8 Å². The number of hydrogen-bond acceptors (Lipinski definition) is 0. The molecule has 0 N–H and O–H groups in total. The van der Waals surface area contributed by atoms with E-state index in [9.17, 15) is 0 Å². The summed E-state index contributed by atoms with van der Waals surface area (Å²) in [5.41, 5.74) is 1.85. The van der Waals surface area contributed by atoms with E-state index < -0.39 is 0 Å². The van der Waals surface area contributed by atoms with E-state index >= 15 is 0 Å². The minimum absolute atomic E-state index is 0.588. The Balaban J connectivity index is 2.26. The van der Waals surface area contributed by atoms with Crippen LogP contribution >= 0.6 is 0 Å².